The van der Waals surface area contributed by atoms with Crippen molar-refractivity contribution in [2.45, 2.75) is 66.9 Å². The molecule has 1 aromatic rings. The van der Waals surface area contributed by atoms with E-state index in [1.54, 1.807) is 0 Å². The normalized spacial score (nSPS) is 10.8. The molecule has 0 saturated carbocycles. The van der Waals surface area contributed by atoms with Gasteiger partial charge in [-0.3, -0.25) is 0 Å². The van der Waals surface area contributed by atoms with Crippen LogP contribution in [0.15, 0.2) is 12.1 Å². The Bertz CT molecular complexity index is 345. The molecule has 1 aromatic carbocycles. The van der Waals surface area contributed by atoms with Crippen molar-refractivity contribution < 1.29 is 5.11 Å². The second kappa shape index (κ2) is 6.80. The summed E-state index contributed by atoms with van der Waals surface area (Å²) in [6.07, 6.45) is 1.05. The van der Waals surface area contributed by atoms with Crippen molar-refractivity contribution in [2.24, 2.45) is 0 Å². The molecule has 0 radical (unpaired) electrons. The first-order chi connectivity index (χ1) is 7.90. The summed E-state index contributed by atoms with van der Waals surface area (Å²) in [5.74, 6) is 0. The fourth-order valence-electron chi connectivity index (χ4n) is 1.97. The molecule has 1 nitrogen and oxygen atoms in total. The predicted molar refractivity (Wildman–Crippen MR) is 76.5 cm³/mol. The van der Waals surface area contributed by atoms with Gasteiger partial charge >= 0.3 is 0 Å². The maximum Gasteiger partial charge on any atom is 0.0684 e. The summed E-state index contributed by atoms with van der Waals surface area (Å²) in [6.45, 7) is 15.0. The third-order valence-electron chi connectivity index (χ3n) is 2.92. The van der Waals surface area contributed by atoms with Gasteiger partial charge in [0.25, 0.3) is 0 Å². The molecule has 0 fully saturated rings. The SMILES string of the molecule is CC.CCc1cc(C)c(CO)cc1C(C)(C)C. The largest absolute Gasteiger partial charge is 0.392 e. The number of benzene rings is 1. The van der Waals surface area contributed by atoms with Crippen LogP contribution in [0.3, 0.4) is 0 Å². The summed E-state index contributed by atoms with van der Waals surface area (Å²) >= 11 is 0. The minimum Gasteiger partial charge on any atom is -0.392 e. The maximum atomic E-state index is 9.27. The van der Waals surface area contributed by atoms with Crippen LogP contribution >= 0.6 is 0 Å². The van der Waals surface area contributed by atoms with Crippen LogP contribution in [0.25, 0.3) is 0 Å². The molecule has 0 heterocycles. The van der Waals surface area contributed by atoms with Crippen molar-refractivity contribution in [3.8, 4) is 0 Å². The number of hydrogen-bond donors (Lipinski definition) is 1. The first kappa shape index (κ1) is 16.2. The Morgan fingerprint density at radius 3 is 1.94 bits per heavy atom. The molecular formula is C16H28O. The Morgan fingerprint density at radius 2 is 1.59 bits per heavy atom. The van der Waals surface area contributed by atoms with E-state index in [4.69, 9.17) is 0 Å². The molecule has 0 aliphatic carbocycles. The number of rotatable bonds is 2. The van der Waals surface area contributed by atoms with E-state index in [1.807, 2.05) is 13.8 Å². The van der Waals surface area contributed by atoms with Gasteiger partial charge in [0.05, 0.1) is 6.61 Å². The zero-order valence-corrected chi connectivity index (χ0v) is 12.5. The van der Waals surface area contributed by atoms with E-state index < -0.39 is 0 Å². The molecule has 0 spiro atoms. The maximum absolute atomic E-state index is 9.27. The molecule has 0 atom stereocenters. The van der Waals surface area contributed by atoms with Crippen LogP contribution in [0.4, 0.5) is 0 Å². The van der Waals surface area contributed by atoms with Crippen molar-refractivity contribution in [2.75, 3.05) is 0 Å². The summed E-state index contributed by atoms with van der Waals surface area (Å²) < 4.78 is 0. The third-order valence-corrected chi connectivity index (χ3v) is 2.92. The molecule has 98 valence electrons. The quantitative estimate of drug-likeness (QED) is 0.808. The monoisotopic (exact) mass is 236 g/mol. The highest BCUT2D eigenvalue weighted by atomic mass is 16.3. The predicted octanol–water partition coefficient (Wildman–Crippen LogP) is 4.37. The first-order valence-electron chi connectivity index (χ1n) is 6.64. The fourth-order valence-corrected chi connectivity index (χ4v) is 1.97. The standard InChI is InChI=1S/C14H22O.C2H6/c1-6-11-7-10(2)12(9-15)8-13(11)14(3,4)5;1-2/h7-8,15H,6,9H2,1-5H3;1-2H3. The van der Waals surface area contributed by atoms with Crippen molar-refractivity contribution in [1.82, 2.24) is 0 Å². The number of aliphatic hydroxyl groups excluding tert-OH is 1. The van der Waals surface area contributed by atoms with Crippen LogP contribution in [0.2, 0.25) is 0 Å². The van der Waals surface area contributed by atoms with Gasteiger partial charge in [0.1, 0.15) is 0 Å². The average Bonchev–Trinajstić information content (AvgIpc) is 2.29. The van der Waals surface area contributed by atoms with Crippen molar-refractivity contribution >= 4 is 0 Å². The number of aliphatic hydroxyl groups is 1. The molecular weight excluding hydrogens is 208 g/mol. The number of aryl methyl sites for hydroxylation is 2. The minimum atomic E-state index is 0.138. The lowest BCUT2D eigenvalue weighted by Gasteiger charge is -2.24. The zero-order chi connectivity index (χ0) is 13.6. The van der Waals surface area contributed by atoms with Crippen LogP contribution in [0.1, 0.15) is 63.8 Å². The van der Waals surface area contributed by atoms with Crippen molar-refractivity contribution in [3.05, 3.63) is 34.4 Å². The van der Waals surface area contributed by atoms with Crippen LogP contribution in [0.5, 0.6) is 0 Å². The molecule has 1 rings (SSSR count). The fraction of sp³-hybridized carbons (Fsp3) is 0.625. The molecule has 17 heavy (non-hydrogen) atoms. The van der Waals surface area contributed by atoms with E-state index in [0.29, 0.717) is 0 Å². The highest BCUT2D eigenvalue weighted by Gasteiger charge is 2.18. The Balaban J connectivity index is 0.00000121. The van der Waals surface area contributed by atoms with Crippen molar-refractivity contribution in [3.63, 3.8) is 0 Å². The number of hydrogen-bond acceptors (Lipinski definition) is 1. The summed E-state index contributed by atoms with van der Waals surface area (Å²) in [5.41, 5.74) is 5.17. The molecule has 1 N–H and O–H groups in total. The molecule has 0 aliphatic rings. The van der Waals surface area contributed by atoms with Crippen LogP contribution in [-0.4, -0.2) is 5.11 Å². The topological polar surface area (TPSA) is 20.2 Å². The minimum absolute atomic E-state index is 0.138. The van der Waals surface area contributed by atoms with Gasteiger partial charge in [-0.15, -0.1) is 0 Å². The van der Waals surface area contributed by atoms with E-state index in [2.05, 4.69) is 46.8 Å². The van der Waals surface area contributed by atoms with E-state index >= 15 is 0 Å². The summed E-state index contributed by atoms with van der Waals surface area (Å²) in [7, 11) is 0. The van der Waals surface area contributed by atoms with Gasteiger partial charge in [0.2, 0.25) is 0 Å². The van der Waals surface area contributed by atoms with Gasteiger partial charge in [0, 0.05) is 0 Å². The van der Waals surface area contributed by atoms with Crippen LogP contribution in [-0.2, 0) is 18.4 Å². The van der Waals surface area contributed by atoms with Crippen molar-refractivity contribution in [1.29, 1.82) is 0 Å². The van der Waals surface area contributed by atoms with E-state index in [-0.39, 0.29) is 12.0 Å². The van der Waals surface area contributed by atoms with Gasteiger partial charge in [-0.1, -0.05) is 53.7 Å². The van der Waals surface area contributed by atoms with E-state index in [9.17, 15) is 5.11 Å². The third kappa shape index (κ3) is 4.16. The molecule has 0 bridgehead atoms. The zero-order valence-electron chi connectivity index (χ0n) is 12.5. The summed E-state index contributed by atoms with van der Waals surface area (Å²) in [6, 6.07) is 4.38. The lowest BCUT2D eigenvalue weighted by Crippen LogP contribution is -2.15. The second-order valence-electron chi connectivity index (χ2n) is 5.20. The van der Waals surface area contributed by atoms with Crippen LogP contribution in [0, 0.1) is 6.92 Å². The van der Waals surface area contributed by atoms with Crippen LogP contribution < -0.4 is 0 Å². The Kier molecular flexibility index (Phi) is 6.48. The Labute approximate surface area is 107 Å². The lowest BCUT2D eigenvalue weighted by atomic mass is 9.81. The molecule has 0 aromatic heterocycles. The van der Waals surface area contributed by atoms with E-state index in [0.717, 1.165) is 12.0 Å². The lowest BCUT2D eigenvalue weighted by molar-refractivity contribution is 0.280. The van der Waals surface area contributed by atoms with Gasteiger partial charge < -0.3 is 5.11 Å². The van der Waals surface area contributed by atoms with Gasteiger partial charge in [-0.25, -0.2) is 0 Å². The van der Waals surface area contributed by atoms with Gasteiger partial charge in [0.15, 0.2) is 0 Å². The smallest absolute Gasteiger partial charge is 0.0684 e. The molecule has 0 saturated heterocycles. The molecule has 1 heteroatoms. The average molecular weight is 236 g/mol. The Hall–Kier alpha value is -0.820. The summed E-state index contributed by atoms with van der Waals surface area (Å²) in [4.78, 5) is 0. The molecule has 0 unspecified atom stereocenters. The van der Waals surface area contributed by atoms with Gasteiger partial charge in [-0.2, -0.15) is 0 Å². The van der Waals surface area contributed by atoms with Gasteiger partial charge in [-0.05, 0) is 41.0 Å². The highest BCUT2D eigenvalue weighted by Crippen LogP contribution is 2.29. The molecule has 0 amide bonds. The second-order valence-corrected chi connectivity index (χ2v) is 5.20. The Morgan fingerprint density at radius 1 is 1.06 bits per heavy atom. The molecule has 0 aliphatic heterocycles. The van der Waals surface area contributed by atoms with E-state index in [1.165, 1.54) is 16.7 Å². The summed E-state index contributed by atoms with van der Waals surface area (Å²) in [5, 5.41) is 9.27. The first-order valence-corrected chi connectivity index (χ1v) is 6.64. The highest BCUT2D eigenvalue weighted by molar-refractivity contribution is 5.41.